The van der Waals surface area contributed by atoms with Gasteiger partial charge in [0.05, 0.1) is 7.11 Å². The van der Waals surface area contributed by atoms with Gasteiger partial charge in [-0.2, -0.15) is 0 Å². The Labute approximate surface area is 128 Å². The van der Waals surface area contributed by atoms with Crippen molar-refractivity contribution in [1.29, 1.82) is 0 Å². The summed E-state index contributed by atoms with van der Waals surface area (Å²) >= 11 is 0. The molecule has 1 saturated heterocycles. The zero-order chi connectivity index (χ0) is 14.7. The van der Waals surface area contributed by atoms with E-state index in [1.165, 1.54) is 56.2 Å². The summed E-state index contributed by atoms with van der Waals surface area (Å²) in [6.45, 7) is 2.36. The van der Waals surface area contributed by atoms with E-state index in [-0.39, 0.29) is 0 Å². The normalized spacial score (nSPS) is 26.4. The maximum absolute atomic E-state index is 5.40. The molecule has 0 radical (unpaired) electrons. The first-order chi connectivity index (χ1) is 10.3. The van der Waals surface area contributed by atoms with E-state index in [2.05, 4.69) is 35.5 Å². The lowest BCUT2D eigenvalue weighted by molar-refractivity contribution is 0.176. The Balaban J connectivity index is 1.67. The number of benzene rings is 1. The topological polar surface area (TPSA) is 24.5 Å². The number of piperidine rings is 1. The predicted molar refractivity (Wildman–Crippen MR) is 86.9 cm³/mol. The minimum Gasteiger partial charge on any atom is -0.497 e. The van der Waals surface area contributed by atoms with Crippen molar-refractivity contribution in [2.75, 3.05) is 27.2 Å². The molecular formula is C18H28N2O. The molecule has 1 aromatic carbocycles. The van der Waals surface area contributed by atoms with E-state index < -0.39 is 0 Å². The number of nitrogens with zero attached hydrogens (tertiary/aromatic N) is 1. The number of ether oxygens (including phenoxy) is 1. The average Bonchev–Trinajstić information content (AvgIpc) is 2.53. The molecule has 1 aliphatic heterocycles. The van der Waals surface area contributed by atoms with Gasteiger partial charge in [0, 0.05) is 18.6 Å². The van der Waals surface area contributed by atoms with Crippen LogP contribution in [-0.2, 0) is 6.42 Å². The van der Waals surface area contributed by atoms with Gasteiger partial charge in [-0.3, -0.25) is 0 Å². The molecule has 3 heteroatoms. The molecule has 3 rings (SSSR count). The van der Waals surface area contributed by atoms with Gasteiger partial charge in [-0.05, 0) is 69.0 Å². The van der Waals surface area contributed by atoms with E-state index in [9.17, 15) is 0 Å². The Bertz CT molecular complexity index is 474. The first kappa shape index (κ1) is 14.9. The third kappa shape index (κ3) is 3.41. The zero-order valence-electron chi connectivity index (χ0n) is 13.4. The van der Waals surface area contributed by atoms with Crippen molar-refractivity contribution >= 4 is 0 Å². The highest BCUT2D eigenvalue weighted by Crippen LogP contribution is 2.32. The van der Waals surface area contributed by atoms with Gasteiger partial charge in [0.25, 0.3) is 0 Å². The summed E-state index contributed by atoms with van der Waals surface area (Å²) in [7, 11) is 4.02. The highest BCUT2D eigenvalue weighted by Gasteiger charge is 2.23. The molecule has 2 unspecified atom stereocenters. The van der Waals surface area contributed by atoms with Crippen LogP contribution in [0.1, 0.15) is 49.3 Å². The van der Waals surface area contributed by atoms with Crippen LogP contribution in [0.5, 0.6) is 5.75 Å². The van der Waals surface area contributed by atoms with Crippen LogP contribution in [0.25, 0.3) is 0 Å². The maximum atomic E-state index is 5.40. The predicted octanol–water partition coefficient (Wildman–Crippen LogP) is 3.15. The van der Waals surface area contributed by atoms with Crippen molar-refractivity contribution in [3.8, 4) is 5.75 Å². The second-order valence-corrected chi connectivity index (χ2v) is 6.55. The number of methoxy groups -OCH3 is 1. The maximum Gasteiger partial charge on any atom is 0.119 e. The summed E-state index contributed by atoms with van der Waals surface area (Å²) in [5.41, 5.74) is 2.95. The minimum atomic E-state index is 0.499. The zero-order valence-corrected chi connectivity index (χ0v) is 13.4. The average molecular weight is 288 g/mol. The van der Waals surface area contributed by atoms with Crippen molar-refractivity contribution in [2.45, 2.75) is 50.6 Å². The molecule has 1 heterocycles. The van der Waals surface area contributed by atoms with Crippen molar-refractivity contribution in [2.24, 2.45) is 0 Å². The van der Waals surface area contributed by atoms with Crippen LogP contribution < -0.4 is 10.1 Å². The number of nitrogens with one attached hydrogen (secondary N) is 1. The summed E-state index contributed by atoms with van der Waals surface area (Å²) in [5, 5.41) is 3.83. The Morgan fingerprint density at radius 3 is 2.95 bits per heavy atom. The monoisotopic (exact) mass is 288 g/mol. The molecule has 2 aliphatic rings. The molecule has 3 nitrogen and oxygen atoms in total. The first-order valence-electron chi connectivity index (χ1n) is 8.38. The van der Waals surface area contributed by atoms with Crippen molar-refractivity contribution in [3.63, 3.8) is 0 Å². The van der Waals surface area contributed by atoms with Crippen molar-refractivity contribution in [1.82, 2.24) is 10.2 Å². The second kappa shape index (κ2) is 6.80. The highest BCUT2D eigenvalue weighted by atomic mass is 16.5. The van der Waals surface area contributed by atoms with Crippen LogP contribution >= 0.6 is 0 Å². The molecule has 1 aliphatic carbocycles. The number of likely N-dealkylation sites (N-methyl/N-ethyl adjacent to an activating group) is 1. The van der Waals surface area contributed by atoms with Gasteiger partial charge in [0.15, 0.2) is 0 Å². The van der Waals surface area contributed by atoms with Gasteiger partial charge < -0.3 is 15.0 Å². The van der Waals surface area contributed by atoms with Gasteiger partial charge in [-0.25, -0.2) is 0 Å². The number of rotatable bonds is 4. The Morgan fingerprint density at radius 2 is 2.14 bits per heavy atom. The van der Waals surface area contributed by atoms with Gasteiger partial charge >= 0.3 is 0 Å². The Kier molecular flexibility index (Phi) is 4.81. The number of hydrogen-bond acceptors (Lipinski definition) is 3. The molecule has 21 heavy (non-hydrogen) atoms. The van der Waals surface area contributed by atoms with Crippen LogP contribution in [0.4, 0.5) is 0 Å². The lowest BCUT2D eigenvalue weighted by atomic mass is 9.87. The lowest BCUT2D eigenvalue weighted by Gasteiger charge is -2.35. The molecule has 0 spiro atoms. The number of likely N-dealkylation sites (tertiary alicyclic amines) is 1. The summed E-state index contributed by atoms with van der Waals surface area (Å²) in [6, 6.07) is 7.77. The molecule has 1 aromatic rings. The molecule has 1 N–H and O–H groups in total. The molecule has 0 bridgehead atoms. The summed E-state index contributed by atoms with van der Waals surface area (Å²) in [5.74, 6) is 0.984. The van der Waals surface area contributed by atoms with E-state index in [4.69, 9.17) is 4.74 Å². The number of fused-ring (bicyclic) bond motifs is 1. The molecule has 2 atom stereocenters. The molecular weight excluding hydrogens is 260 g/mol. The van der Waals surface area contributed by atoms with Crippen LogP contribution in [0.3, 0.4) is 0 Å². The highest BCUT2D eigenvalue weighted by molar-refractivity contribution is 5.39. The quantitative estimate of drug-likeness (QED) is 0.921. The fourth-order valence-corrected chi connectivity index (χ4v) is 3.80. The third-order valence-corrected chi connectivity index (χ3v) is 5.19. The van der Waals surface area contributed by atoms with Gasteiger partial charge in [-0.1, -0.05) is 12.5 Å². The van der Waals surface area contributed by atoms with Crippen LogP contribution in [0.2, 0.25) is 0 Å². The van der Waals surface area contributed by atoms with Crippen LogP contribution in [0, 0.1) is 0 Å². The van der Waals surface area contributed by atoms with Crippen molar-refractivity contribution in [3.05, 3.63) is 29.3 Å². The van der Waals surface area contributed by atoms with E-state index in [0.717, 1.165) is 12.3 Å². The molecule has 1 fully saturated rings. The molecule has 0 saturated carbocycles. The van der Waals surface area contributed by atoms with Crippen molar-refractivity contribution < 1.29 is 4.74 Å². The minimum absolute atomic E-state index is 0.499. The summed E-state index contributed by atoms with van der Waals surface area (Å²) < 4.78 is 5.40. The molecule has 116 valence electrons. The van der Waals surface area contributed by atoms with Gasteiger partial charge in [0.2, 0.25) is 0 Å². The van der Waals surface area contributed by atoms with E-state index >= 15 is 0 Å². The standard InChI is InChI=1S/C18H28N2O/c1-20-11-4-3-7-15(20)13-19-18-8-5-6-14-9-10-16(21-2)12-17(14)18/h9-10,12,15,18-19H,3-8,11,13H2,1-2H3. The number of aryl methyl sites for hydroxylation is 1. The fraction of sp³-hybridized carbons (Fsp3) is 0.667. The van der Waals surface area contributed by atoms with Gasteiger partial charge in [0.1, 0.15) is 5.75 Å². The van der Waals surface area contributed by atoms with Crippen LogP contribution in [0.15, 0.2) is 18.2 Å². The molecule has 0 aromatic heterocycles. The van der Waals surface area contributed by atoms with E-state index in [1.807, 2.05) is 0 Å². The van der Waals surface area contributed by atoms with Crippen LogP contribution in [-0.4, -0.2) is 38.2 Å². The summed E-state index contributed by atoms with van der Waals surface area (Å²) in [6.07, 6.45) is 7.82. The Morgan fingerprint density at radius 1 is 1.24 bits per heavy atom. The second-order valence-electron chi connectivity index (χ2n) is 6.55. The summed E-state index contributed by atoms with van der Waals surface area (Å²) in [4.78, 5) is 2.52. The molecule has 0 amide bonds. The van der Waals surface area contributed by atoms with Gasteiger partial charge in [-0.15, -0.1) is 0 Å². The van der Waals surface area contributed by atoms with E-state index in [1.54, 1.807) is 7.11 Å². The number of hydrogen-bond donors (Lipinski definition) is 1. The SMILES string of the molecule is COc1ccc2c(c1)C(NCC1CCCCN1C)CCC2. The smallest absolute Gasteiger partial charge is 0.119 e. The third-order valence-electron chi connectivity index (χ3n) is 5.19. The largest absolute Gasteiger partial charge is 0.497 e. The van der Waals surface area contributed by atoms with E-state index in [0.29, 0.717) is 12.1 Å². The fourth-order valence-electron chi connectivity index (χ4n) is 3.80. The first-order valence-corrected chi connectivity index (χ1v) is 8.38. The Hall–Kier alpha value is -1.06. The lowest BCUT2D eigenvalue weighted by Crippen LogP contribution is -2.44.